The Morgan fingerprint density at radius 2 is 1.77 bits per heavy atom. The monoisotopic (exact) mass is 370 g/mol. The quantitative estimate of drug-likeness (QED) is 0.719. The van der Waals surface area contributed by atoms with Crippen molar-refractivity contribution in [2.75, 3.05) is 25.5 Å². The van der Waals surface area contributed by atoms with Crippen LogP contribution < -0.4 is 10.6 Å². The SMILES string of the molecule is CC(C)[C@@](C)(C#N)NC(=O)CN(C)CC(=O)Nc1ccc(F)c(F)c1F. The van der Waals surface area contributed by atoms with Crippen LogP contribution in [0, 0.1) is 34.7 Å². The van der Waals surface area contributed by atoms with Crippen molar-refractivity contribution in [1.82, 2.24) is 10.2 Å². The minimum absolute atomic E-state index is 0.124. The van der Waals surface area contributed by atoms with Crippen LogP contribution in [0.4, 0.5) is 18.9 Å². The molecular weight excluding hydrogens is 349 g/mol. The zero-order valence-electron chi connectivity index (χ0n) is 15.0. The zero-order chi connectivity index (χ0) is 20.1. The Bertz CT molecular complexity index is 733. The molecule has 0 saturated carbocycles. The van der Waals surface area contributed by atoms with Gasteiger partial charge in [0.05, 0.1) is 24.8 Å². The van der Waals surface area contributed by atoms with Gasteiger partial charge in [-0.05, 0) is 32.0 Å². The molecule has 0 aromatic heterocycles. The first-order valence-corrected chi connectivity index (χ1v) is 7.84. The molecule has 0 unspecified atom stereocenters. The van der Waals surface area contributed by atoms with Gasteiger partial charge in [0.15, 0.2) is 17.5 Å². The molecule has 0 bridgehead atoms. The van der Waals surface area contributed by atoms with E-state index in [1.807, 2.05) is 6.07 Å². The minimum Gasteiger partial charge on any atom is -0.337 e. The predicted octanol–water partition coefficient (Wildman–Crippen LogP) is 2.03. The van der Waals surface area contributed by atoms with Crippen LogP contribution in [-0.2, 0) is 9.59 Å². The number of carbonyl (C=O) groups is 2. The number of hydrogen-bond donors (Lipinski definition) is 2. The van der Waals surface area contributed by atoms with Crippen molar-refractivity contribution >= 4 is 17.5 Å². The first kappa shape index (κ1) is 21.4. The summed E-state index contributed by atoms with van der Waals surface area (Å²) in [5, 5.41) is 13.9. The highest BCUT2D eigenvalue weighted by Crippen LogP contribution is 2.19. The number of likely N-dealkylation sites (N-methyl/N-ethyl adjacent to an activating group) is 1. The highest BCUT2D eigenvalue weighted by molar-refractivity contribution is 5.92. The lowest BCUT2D eigenvalue weighted by Gasteiger charge is -2.28. The zero-order valence-corrected chi connectivity index (χ0v) is 15.0. The van der Waals surface area contributed by atoms with Gasteiger partial charge in [0, 0.05) is 0 Å². The van der Waals surface area contributed by atoms with Crippen LogP contribution in [0.25, 0.3) is 0 Å². The molecule has 0 aliphatic heterocycles. The fourth-order valence-corrected chi connectivity index (χ4v) is 1.99. The lowest BCUT2D eigenvalue weighted by atomic mass is 9.90. The number of amides is 2. The molecule has 1 atom stereocenters. The van der Waals surface area contributed by atoms with Crippen LogP contribution in [0.15, 0.2) is 12.1 Å². The van der Waals surface area contributed by atoms with Crippen molar-refractivity contribution in [3.8, 4) is 6.07 Å². The summed E-state index contributed by atoms with van der Waals surface area (Å²) in [6, 6.07) is 3.63. The lowest BCUT2D eigenvalue weighted by Crippen LogP contribution is -2.51. The number of anilines is 1. The number of nitriles is 1. The summed E-state index contributed by atoms with van der Waals surface area (Å²) in [5.74, 6) is -5.84. The average molecular weight is 370 g/mol. The number of carbonyl (C=O) groups excluding carboxylic acids is 2. The van der Waals surface area contributed by atoms with Gasteiger partial charge in [-0.3, -0.25) is 14.5 Å². The molecule has 6 nitrogen and oxygen atoms in total. The van der Waals surface area contributed by atoms with Gasteiger partial charge in [0.2, 0.25) is 11.8 Å². The highest BCUT2D eigenvalue weighted by Gasteiger charge is 2.30. The van der Waals surface area contributed by atoms with E-state index < -0.39 is 40.5 Å². The Hall–Kier alpha value is -2.60. The fraction of sp³-hybridized carbons (Fsp3) is 0.471. The van der Waals surface area contributed by atoms with Crippen molar-refractivity contribution < 1.29 is 22.8 Å². The van der Waals surface area contributed by atoms with E-state index in [9.17, 15) is 28.0 Å². The van der Waals surface area contributed by atoms with E-state index in [0.29, 0.717) is 6.07 Å². The third-order valence-electron chi connectivity index (χ3n) is 3.92. The molecule has 9 heteroatoms. The van der Waals surface area contributed by atoms with Crippen molar-refractivity contribution in [3.05, 3.63) is 29.6 Å². The van der Waals surface area contributed by atoms with Gasteiger partial charge in [0.25, 0.3) is 0 Å². The third kappa shape index (κ3) is 5.46. The number of benzene rings is 1. The van der Waals surface area contributed by atoms with Gasteiger partial charge in [0.1, 0.15) is 5.54 Å². The molecule has 0 aliphatic rings. The Kier molecular flexibility index (Phi) is 7.15. The number of nitrogens with one attached hydrogen (secondary N) is 2. The number of halogens is 3. The summed E-state index contributed by atoms with van der Waals surface area (Å²) in [7, 11) is 1.47. The Morgan fingerprint density at radius 1 is 1.19 bits per heavy atom. The predicted molar refractivity (Wildman–Crippen MR) is 89.4 cm³/mol. The average Bonchev–Trinajstić information content (AvgIpc) is 2.54. The molecule has 0 radical (unpaired) electrons. The van der Waals surface area contributed by atoms with E-state index in [2.05, 4.69) is 10.6 Å². The van der Waals surface area contributed by atoms with E-state index in [1.165, 1.54) is 11.9 Å². The summed E-state index contributed by atoms with van der Waals surface area (Å²) in [4.78, 5) is 25.2. The largest absolute Gasteiger partial charge is 0.337 e. The van der Waals surface area contributed by atoms with Gasteiger partial charge >= 0.3 is 0 Å². The van der Waals surface area contributed by atoms with Crippen molar-refractivity contribution in [2.24, 2.45) is 5.92 Å². The summed E-state index contributed by atoms with van der Waals surface area (Å²) < 4.78 is 39.5. The maximum atomic E-state index is 13.5. The van der Waals surface area contributed by atoms with E-state index in [0.717, 1.165) is 6.07 Å². The molecule has 0 fully saturated rings. The number of nitrogens with zero attached hydrogens (tertiary/aromatic N) is 2. The third-order valence-corrected chi connectivity index (χ3v) is 3.92. The Labute approximate surface area is 150 Å². The number of rotatable bonds is 7. The molecule has 0 saturated heterocycles. The molecule has 26 heavy (non-hydrogen) atoms. The van der Waals surface area contributed by atoms with Gasteiger partial charge in [-0.15, -0.1) is 0 Å². The molecule has 2 N–H and O–H groups in total. The summed E-state index contributed by atoms with van der Waals surface area (Å²) in [6.07, 6.45) is 0. The normalized spacial score (nSPS) is 13.2. The van der Waals surface area contributed by atoms with E-state index >= 15 is 0 Å². The summed E-state index contributed by atoms with van der Waals surface area (Å²) in [6.45, 7) is 4.69. The Balaban J connectivity index is 2.62. The maximum Gasteiger partial charge on any atom is 0.238 e. The topological polar surface area (TPSA) is 85.2 Å². The minimum atomic E-state index is -1.68. The van der Waals surface area contributed by atoms with Crippen molar-refractivity contribution in [1.29, 1.82) is 5.26 Å². The standard InChI is InChI=1S/C17H21F3N4O2/c1-10(2)17(3,9-21)23-14(26)8-24(4)7-13(25)22-12-6-5-11(18)15(19)16(12)20/h5-6,10H,7-8H2,1-4H3,(H,22,25)(H,23,26)/t17-/m1/s1. The van der Waals surface area contributed by atoms with E-state index in [1.54, 1.807) is 20.8 Å². The second-order valence-electron chi connectivity index (χ2n) is 6.46. The van der Waals surface area contributed by atoms with Crippen LogP contribution in [0.1, 0.15) is 20.8 Å². The molecule has 142 valence electrons. The lowest BCUT2D eigenvalue weighted by molar-refractivity contribution is -0.124. The summed E-state index contributed by atoms with van der Waals surface area (Å²) in [5.41, 5.74) is -1.54. The highest BCUT2D eigenvalue weighted by atomic mass is 19.2. The molecule has 1 rings (SSSR count). The van der Waals surface area contributed by atoms with Crippen LogP contribution in [0.3, 0.4) is 0 Å². The van der Waals surface area contributed by atoms with E-state index in [-0.39, 0.29) is 19.0 Å². The molecule has 0 heterocycles. The Morgan fingerprint density at radius 3 is 2.31 bits per heavy atom. The molecule has 0 spiro atoms. The van der Waals surface area contributed by atoms with Gasteiger partial charge < -0.3 is 10.6 Å². The van der Waals surface area contributed by atoms with Crippen molar-refractivity contribution in [2.45, 2.75) is 26.3 Å². The second-order valence-corrected chi connectivity index (χ2v) is 6.46. The molecule has 1 aromatic rings. The first-order chi connectivity index (χ1) is 12.0. The molecule has 0 aliphatic carbocycles. The number of hydrogen-bond acceptors (Lipinski definition) is 4. The van der Waals surface area contributed by atoms with Crippen LogP contribution in [0.5, 0.6) is 0 Å². The van der Waals surface area contributed by atoms with Crippen LogP contribution in [0.2, 0.25) is 0 Å². The molecular formula is C17H21F3N4O2. The second kappa shape index (κ2) is 8.67. The van der Waals surface area contributed by atoms with Crippen LogP contribution in [-0.4, -0.2) is 42.4 Å². The molecule has 1 aromatic carbocycles. The summed E-state index contributed by atoms with van der Waals surface area (Å²) >= 11 is 0. The first-order valence-electron chi connectivity index (χ1n) is 7.84. The van der Waals surface area contributed by atoms with Gasteiger partial charge in [-0.1, -0.05) is 13.8 Å². The molecule has 2 amide bonds. The maximum absolute atomic E-state index is 13.5. The van der Waals surface area contributed by atoms with Gasteiger partial charge in [-0.25, -0.2) is 13.2 Å². The van der Waals surface area contributed by atoms with E-state index in [4.69, 9.17) is 0 Å². The van der Waals surface area contributed by atoms with Crippen molar-refractivity contribution in [3.63, 3.8) is 0 Å². The fourth-order valence-electron chi connectivity index (χ4n) is 1.99. The van der Waals surface area contributed by atoms with Gasteiger partial charge in [-0.2, -0.15) is 5.26 Å². The van der Waals surface area contributed by atoms with Crippen LogP contribution >= 0.6 is 0 Å². The smallest absolute Gasteiger partial charge is 0.238 e.